The molecule has 0 bridgehead atoms. The molecule has 0 aromatic heterocycles. The smallest absolute Gasteiger partial charge is 0.317 e. The molecule has 3 amide bonds. The molecule has 2 heterocycles. The van der Waals surface area contributed by atoms with Gasteiger partial charge in [0.1, 0.15) is 6.23 Å². The predicted octanol–water partition coefficient (Wildman–Crippen LogP) is 3.34. The Morgan fingerprint density at radius 2 is 2.00 bits per heavy atom. The van der Waals surface area contributed by atoms with E-state index in [1.165, 1.54) is 0 Å². The van der Waals surface area contributed by atoms with Gasteiger partial charge >= 0.3 is 6.03 Å². The molecule has 2 N–H and O–H groups in total. The predicted molar refractivity (Wildman–Crippen MR) is 135 cm³/mol. The van der Waals surface area contributed by atoms with Gasteiger partial charge in [-0.25, -0.2) is 4.79 Å². The monoisotopic (exact) mass is 526 g/mol. The molecule has 0 radical (unpaired) electrons. The fourth-order valence-corrected chi connectivity index (χ4v) is 5.52. The topological polar surface area (TPSA) is 85.4 Å². The lowest BCUT2D eigenvalue weighted by Gasteiger charge is -2.40. The van der Waals surface area contributed by atoms with Crippen LogP contribution in [-0.2, 0) is 16.1 Å². The molecule has 1 saturated carbocycles. The van der Waals surface area contributed by atoms with Crippen LogP contribution >= 0.6 is 23.2 Å². The van der Waals surface area contributed by atoms with Crippen LogP contribution in [0.15, 0.2) is 18.2 Å². The molecule has 3 fully saturated rings. The van der Waals surface area contributed by atoms with Crippen LogP contribution in [0.5, 0.6) is 0 Å². The van der Waals surface area contributed by atoms with Gasteiger partial charge < -0.3 is 25.0 Å². The number of halogens is 2. The second-order valence-electron chi connectivity index (χ2n) is 9.98. The summed E-state index contributed by atoms with van der Waals surface area (Å²) in [5.41, 5.74) is 1.04. The molecule has 1 aliphatic carbocycles. The average molecular weight is 527 g/mol. The third kappa shape index (κ3) is 6.60. The van der Waals surface area contributed by atoms with E-state index < -0.39 is 0 Å². The maximum atomic E-state index is 12.7. The number of nitrogens with one attached hydrogen (secondary N) is 1. The van der Waals surface area contributed by atoms with Crippen LogP contribution in [0, 0.1) is 5.41 Å². The van der Waals surface area contributed by atoms with E-state index in [-0.39, 0.29) is 29.7 Å². The number of rotatable bonds is 8. The third-order valence-electron chi connectivity index (χ3n) is 7.76. The zero-order valence-electron chi connectivity index (χ0n) is 20.3. The Balaban J connectivity index is 1.20. The molecule has 194 valence electrons. The van der Waals surface area contributed by atoms with E-state index in [1.54, 1.807) is 24.1 Å². The van der Waals surface area contributed by atoms with Crippen molar-refractivity contribution in [2.75, 3.05) is 46.4 Å². The van der Waals surface area contributed by atoms with Crippen molar-refractivity contribution in [3.8, 4) is 0 Å². The van der Waals surface area contributed by atoms with E-state index in [9.17, 15) is 14.7 Å². The second-order valence-corrected chi connectivity index (χ2v) is 10.8. The van der Waals surface area contributed by atoms with E-state index in [0.29, 0.717) is 55.7 Å². The number of urea groups is 1. The van der Waals surface area contributed by atoms with Crippen LogP contribution in [0.2, 0.25) is 10.0 Å². The number of piperidine rings is 1. The minimum absolute atomic E-state index is 0.0496. The van der Waals surface area contributed by atoms with Crippen LogP contribution in [0.4, 0.5) is 4.79 Å². The molecular weight excluding hydrogens is 491 g/mol. The summed E-state index contributed by atoms with van der Waals surface area (Å²) >= 11 is 12.0. The first-order chi connectivity index (χ1) is 16.8. The van der Waals surface area contributed by atoms with Crippen LogP contribution in [0.1, 0.15) is 44.1 Å². The Bertz CT molecular complexity index is 913. The number of methoxy groups -OCH3 is 1. The number of benzene rings is 1. The molecule has 4 rings (SSSR count). The number of β-amino-alcohol motifs (C(OH)–C–C–N with tert-alkyl or cyclic N) is 1. The summed E-state index contributed by atoms with van der Waals surface area (Å²) in [6.07, 6.45) is 4.92. The lowest BCUT2D eigenvalue weighted by molar-refractivity contribution is -0.130. The fraction of sp³-hybridized carbons (Fsp3) is 0.680. The molecule has 35 heavy (non-hydrogen) atoms. The molecule has 10 heteroatoms. The van der Waals surface area contributed by atoms with Gasteiger partial charge in [-0.15, -0.1) is 0 Å². The van der Waals surface area contributed by atoms with Gasteiger partial charge in [0.25, 0.3) is 0 Å². The van der Waals surface area contributed by atoms with Gasteiger partial charge in [-0.05, 0) is 55.2 Å². The summed E-state index contributed by atoms with van der Waals surface area (Å²) in [6, 6.07) is 5.07. The highest BCUT2D eigenvalue weighted by Gasteiger charge is 2.51. The number of likely N-dealkylation sites (tertiary alicyclic amines) is 1. The van der Waals surface area contributed by atoms with E-state index in [4.69, 9.17) is 27.9 Å². The number of amides is 3. The highest BCUT2D eigenvalue weighted by molar-refractivity contribution is 6.42. The van der Waals surface area contributed by atoms with Crippen LogP contribution in [0.25, 0.3) is 0 Å². The number of aliphatic hydroxyl groups excluding tert-OH is 1. The quantitative estimate of drug-likeness (QED) is 0.542. The third-order valence-corrected chi connectivity index (χ3v) is 8.50. The highest BCUT2D eigenvalue weighted by atomic mass is 35.5. The van der Waals surface area contributed by atoms with E-state index in [1.807, 2.05) is 11.0 Å². The summed E-state index contributed by atoms with van der Waals surface area (Å²) in [5, 5.41) is 14.3. The lowest BCUT2D eigenvalue weighted by atomic mass is 9.90. The van der Waals surface area contributed by atoms with Crippen molar-refractivity contribution >= 4 is 35.1 Å². The molecule has 1 unspecified atom stereocenters. The van der Waals surface area contributed by atoms with Crippen molar-refractivity contribution in [2.45, 2.75) is 57.4 Å². The maximum absolute atomic E-state index is 12.7. The summed E-state index contributed by atoms with van der Waals surface area (Å²) in [6.45, 7) is 4.00. The van der Waals surface area contributed by atoms with Gasteiger partial charge in [0, 0.05) is 59.3 Å². The molecular formula is C25H36Cl2N4O4. The number of ether oxygens (including phenoxy) is 1. The van der Waals surface area contributed by atoms with E-state index in [0.717, 1.165) is 44.2 Å². The van der Waals surface area contributed by atoms with Gasteiger partial charge in [0.05, 0.1) is 16.1 Å². The first-order valence-corrected chi connectivity index (χ1v) is 13.3. The largest absolute Gasteiger partial charge is 0.391 e. The Morgan fingerprint density at radius 3 is 2.69 bits per heavy atom. The zero-order valence-corrected chi connectivity index (χ0v) is 21.9. The van der Waals surface area contributed by atoms with Crippen molar-refractivity contribution in [3.05, 3.63) is 33.8 Å². The Hall–Kier alpha value is -1.58. The normalized spacial score (nSPS) is 23.3. The number of hydrogen-bond donors (Lipinski definition) is 2. The van der Waals surface area contributed by atoms with Gasteiger partial charge in [0.15, 0.2) is 0 Å². The van der Waals surface area contributed by atoms with Crippen molar-refractivity contribution in [3.63, 3.8) is 0 Å². The fourth-order valence-electron chi connectivity index (χ4n) is 5.20. The minimum atomic E-state index is -0.269. The standard InChI is InChI=1S/C25H36Cl2N4O4/c1-35-23(31-12-9-25(7-8-25)21(32)17-31)3-2-10-29-13-14-30(11-6-22(29)33)24(34)28-16-18-4-5-19(26)20(27)15-18/h4-5,15,21,23,32H,2-3,6-14,16-17H2,1H3,(H,28,34)/t21-,23?/m1/s1. The van der Waals surface area contributed by atoms with E-state index >= 15 is 0 Å². The van der Waals surface area contributed by atoms with Gasteiger partial charge in [-0.2, -0.15) is 0 Å². The summed E-state index contributed by atoms with van der Waals surface area (Å²) in [7, 11) is 1.71. The first-order valence-electron chi connectivity index (χ1n) is 12.5. The molecule has 1 aromatic rings. The molecule has 8 nitrogen and oxygen atoms in total. The Morgan fingerprint density at radius 1 is 1.20 bits per heavy atom. The lowest BCUT2D eigenvalue weighted by Crippen LogP contribution is -2.50. The number of hydrogen-bond acceptors (Lipinski definition) is 5. The van der Waals surface area contributed by atoms with E-state index in [2.05, 4.69) is 10.2 Å². The van der Waals surface area contributed by atoms with Crippen LogP contribution < -0.4 is 5.32 Å². The van der Waals surface area contributed by atoms with Crippen molar-refractivity contribution in [1.29, 1.82) is 0 Å². The van der Waals surface area contributed by atoms with Gasteiger partial charge in [-0.1, -0.05) is 29.3 Å². The number of carbonyl (C=O) groups is 2. The minimum Gasteiger partial charge on any atom is -0.391 e. The van der Waals surface area contributed by atoms with Crippen molar-refractivity contribution < 1.29 is 19.4 Å². The highest BCUT2D eigenvalue weighted by Crippen LogP contribution is 2.53. The molecule has 3 aliphatic rings. The molecule has 2 atom stereocenters. The summed E-state index contributed by atoms with van der Waals surface area (Å²) in [5.74, 6) is 0.0721. The molecule has 1 aromatic carbocycles. The first kappa shape index (κ1) is 26.5. The van der Waals surface area contributed by atoms with Crippen LogP contribution in [-0.4, -0.2) is 90.5 Å². The Kier molecular flexibility index (Phi) is 8.81. The zero-order chi connectivity index (χ0) is 25.0. The second kappa shape index (κ2) is 11.6. The summed E-state index contributed by atoms with van der Waals surface area (Å²) in [4.78, 5) is 31.1. The molecule has 2 aliphatic heterocycles. The maximum Gasteiger partial charge on any atom is 0.317 e. The molecule has 2 saturated heterocycles. The van der Waals surface area contributed by atoms with Gasteiger partial charge in [-0.3, -0.25) is 9.69 Å². The van der Waals surface area contributed by atoms with Gasteiger partial charge in [0.2, 0.25) is 5.91 Å². The number of nitrogens with zero attached hydrogens (tertiary/aromatic N) is 3. The number of carbonyl (C=O) groups excluding carboxylic acids is 2. The molecule has 1 spiro atoms. The number of aliphatic hydroxyl groups is 1. The van der Waals surface area contributed by atoms with Crippen molar-refractivity contribution in [2.24, 2.45) is 5.41 Å². The SMILES string of the molecule is COC(CCCN1CCN(C(=O)NCc2ccc(Cl)c(Cl)c2)CCC1=O)N1CCC2(CC2)[C@H](O)C1. The summed E-state index contributed by atoms with van der Waals surface area (Å²) < 4.78 is 5.73. The van der Waals surface area contributed by atoms with Crippen LogP contribution in [0.3, 0.4) is 0 Å². The Labute approximate surface area is 217 Å². The average Bonchev–Trinajstić information content (AvgIpc) is 3.65. The van der Waals surface area contributed by atoms with Crippen molar-refractivity contribution in [1.82, 2.24) is 20.0 Å².